The summed E-state index contributed by atoms with van der Waals surface area (Å²) < 4.78 is 5.54. The molecule has 112 valence electrons. The molecule has 2 N–H and O–H groups in total. The predicted octanol–water partition coefficient (Wildman–Crippen LogP) is 2.34. The average molecular weight is 318 g/mol. The van der Waals surface area contributed by atoms with E-state index in [9.17, 15) is 9.90 Å². The number of amides is 1. The van der Waals surface area contributed by atoms with Gasteiger partial charge in [0, 0.05) is 16.3 Å². The molecule has 0 heterocycles. The zero-order chi connectivity index (χ0) is 15.1. The Balaban J connectivity index is 2.52. The van der Waals surface area contributed by atoms with Gasteiger partial charge in [0.2, 0.25) is 0 Å². The van der Waals surface area contributed by atoms with E-state index in [1.54, 1.807) is 31.2 Å². The van der Waals surface area contributed by atoms with Gasteiger partial charge in [-0.3, -0.25) is 4.79 Å². The lowest BCUT2D eigenvalue weighted by molar-refractivity contribution is -0.127. The molecule has 1 aromatic carbocycles. The third-order valence-corrected chi connectivity index (χ3v) is 4.32. The Hall–Kier alpha value is -0.910. The van der Waals surface area contributed by atoms with E-state index >= 15 is 0 Å². The molecule has 6 heteroatoms. The van der Waals surface area contributed by atoms with Crippen molar-refractivity contribution >= 4 is 29.3 Å². The van der Waals surface area contributed by atoms with Gasteiger partial charge in [-0.2, -0.15) is 11.8 Å². The van der Waals surface area contributed by atoms with E-state index in [-0.39, 0.29) is 23.8 Å². The van der Waals surface area contributed by atoms with Crippen molar-refractivity contribution in [3.05, 3.63) is 29.3 Å². The van der Waals surface area contributed by atoms with Crippen molar-refractivity contribution in [2.75, 3.05) is 12.9 Å². The molecule has 3 atom stereocenters. The number of carbonyl (C=O) groups excluding carboxylic acids is 1. The van der Waals surface area contributed by atoms with Crippen molar-refractivity contribution < 1.29 is 14.6 Å². The van der Waals surface area contributed by atoms with E-state index in [0.717, 1.165) is 0 Å². The van der Waals surface area contributed by atoms with Gasteiger partial charge in [0.25, 0.3) is 5.91 Å². The summed E-state index contributed by atoms with van der Waals surface area (Å²) in [4.78, 5) is 12.0. The highest BCUT2D eigenvalue weighted by molar-refractivity contribution is 7.99. The fourth-order valence-electron chi connectivity index (χ4n) is 1.64. The van der Waals surface area contributed by atoms with Gasteiger partial charge in [-0.15, -0.1) is 0 Å². The second-order valence-electron chi connectivity index (χ2n) is 4.47. The largest absolute Gasteiger partial charge is 0.481 e. The van der Waals surface area contributed by atoms with Crippen LogP contribution in [0, 0.1) is 0 Å². The number of nitrogens with one attached hydrogen (secondary N) is 1. The van der Waals surface area contributed by atoms with Gasteiger partial charge in [-0.25, -0.2) is 0 Å². The number of benzene rings is 1. The number of aliphatic hydroxyl groups excluding tert-OH is 1. The summed E-state index contributed by atoms with van der Waals surface area (Å²) in [5.74, 6) is 0.383. The second-order valence-corrected chi connectivity index (χ2v) is 5.98. The summed E-state index contributed by atoms with van der Waals surface area (Å²) >= 11 is 7.30. The van der Waals surface area contributed by atoms with Gasteiger partial charge in [0.1, 0.15) is 5.75 Å². The molecule has 20 heavy (non-hydrogen) atoms. The molecule has 0 fully saturated rings. The third kappa shape index (κ3) is 5.23. The molecule has 0 bridgehead atoms. The number of carbonyl (C=O) groups is 1. The lowest BCUT2D eigenvalue weighted by Gasteiger charge is -2.23. The number of rotatable bonds is 7. The molecule has 0 spiro atoms. The lowest BCUT2D eigenvalue weighted by atomic mass is 10.2. The quantitative estimate of drug-likeness (QED) is 0.810. The number of hydrogen-bond donors (Lipinski definition) is 2. The van der Waals surface area contributed by atoms with Crippen molar-refractivity contribution in [3.63, 3.8) is 0 Å². The first-order valence-electron chi connectivity index (χ1n) is 6.34. The highest BCUT2D eigenvalue weighted by Gasteiger charge is 2.21. The van der Waals surface area contributed by atoms with Crippen LogP contribution < -0.4 is 10.1 Å². The number of thioether (sulfide) groups is 1. The van der Waals surface area contributed by atoms with Crippen LogP contribution in [0.25, 0.3) is 0 Å². The van der Waals surface area contributed by atoms with E-state index in [4.69, 9.17) is 16.3 Å². The molecule has 0 aromatic heterocycles. The van der Waals surface area contributed by atoms with Crippen molar-refractivity contribution in [2.45, 2.75) is 31.2 Å². The van der Waals surface area contributed by atoms with Crippen molar-refractivity contribution in [3.8, 4) is 5.75 Å². The number of hydrogen-bond acceptors (Lipinski definition) is 4. The average Bonchev–Trinajstić information content (AvgIpc) is 2.42. The summed E-state index contributed by atoms with van der Waals surface area (Å²) in [6, 6.07) is 6.72. The lowest BCUT2D eigenvalue weighted by Crippen LogP contribution is -2.46. The minimum atomic E-state index is -0.611. The Morgan fingerprint density at radius 2 is 2.00 bits per heavy atom. The monoisotopic (exact) mass is 317 g/mol. The Labute approximate surface area is 128 Å². The standard InChI is InChI=1S/C14H20ClNO3S/c1-9(13(8-17)20-3)16-14(18)10(2)19-12-6-4-11(15)5-7-12/h4-7,9-10,13,17H,8H2,1-3H3,(H,16,18). The van der Waals surface area contributed by atoms with Gasteiger partial charge in [0.05, 0.1) is 6.61 Å². The molecule has 1 amide bonds. The maximum Gasteiger partial charge on any atom is 0.261 e. The summed E-state index contributed by atoms with van der Waals surface area (Å²) in [5, 5.41) is 12.6. The van der Waals surface area contributed by atoms with E-state index in [1.165, 1.54) is 11.8 Å². The Kier molecular flexibility index (Phi) is 7.19. The Morgan fingerprint density at radius 3 is 2.50 bits per heavy atom. The van der Waals surface area contributed by atoms with Gasteiger partial charge in [-0.05, 0) is 44.4 Å². The first-order valence-corrected chi connectivity index (χ1v) is 8.00. The Morgan fingerprint density at radius 1 is 1.40 bits per heavy atom. The van der Waals surface area contributed by atoms with Crippen LogP contribution in [0.5, 0.6) is 5.75 Å². The predicted molar refractivity (Wildman–Crippen MR) is 83.5 cm³/mol. The van der Waals surface area contributed by atoms with E-state index in [0.29, 0.717) is 10.8 Å². The molecule has 0 aliphatic heterocycles. The van der Waals surface area contributed by atoms with Crippen LogP contribution in [0.15, 0.2) is 24.3 Å². The maximum atomic E-state index is 12.0. The van der Waals surface area contributed by atoms with Gasteiger partial charge in [-0.1, -0.05) is 11.6 Å². The molecular weight excluding hydrogens is 298 g/mol. The van der Waals surface area contributed by atoms with E-state index < -0.39 is 6.10 Å². The smallest absolute Gasteiger partial charge is 0.261 e. The fraction of sp³-hybridized carbons (Fsp3) is 0.500. The van der Waals surface area contributed by atoms with Gasteiger partial charge < -0.3 is 15.2 Å². The highest BCUT2D eigenvalue weighted by Crippen LogP contribution is 2.17. The van der Waals surface area contributed by atoms with E-state index in [2.05, 4.69) is 5.32 Å². The maximum absolute atomic E-state index is 12.0. The molecular formula is C14H20ClNO3S. The van der Waals surface area contributed by atoms with E-state index in [1.807, 2.05) is 13.2 Å². The number of ether oxygens (including phenoxy) is 1. The SMILES string of the molecule is CSC(CO)C(C)NC(=O)C(C)Oc1ccc(Cl)cc1. The zero-order valence-corrected chi connectivity index (χ0v) is 13.4. The molecule has 0 aliphatic carbocycles. The summed E-state index contributed by atoms with van der Waals surface area (Å²) in [6.45, 7) is 3.57. The van der Waals surface area contributed by atoms with Crippen LogP contribution in [0.2, 0.25) is 5.02 Å². The number of halogens is 1. The molecule has 0 saturated heterocycles. The van der Waals surface area contributed by atoms with Gasteiger partial charge >= 0.3 is 0 Å². The molecule has 1 aromatic rings. The van der Waals surface area contributed by atoms with Gasteiger partial charge in [0.15, 0.2) is 6.10 Å². The number of aliphatic hydroxyl groups is 1. The van der Waals surface area contributed by atoms with Crippen LogP contribution in [-0.4, -0.2) is 41.3 Å². The highest BCUT2D eigenvalue weighted by atomic mass is 35.5. The third-order valence-electron chi connectivity index (χ3n) is 2.91. The van der Waals surface area contributed by atoms with Crippen molar-refractivity contribution in [1.82, 2.24) is 5.32 Å². The molecule has 1 rings (SSSR count). The minimum absolute atomic E-state index is 0.0229. The van der Waals surface area contributed by atoms with Crippen molar-refractivity contribution in [1.29, 1.82) is 0 Å². The summed E-state index contributed by atoms with van der Waals surface area (Å²) in [6.07, 6.45) is 1.29. The molecule has 0 radical (unpaired) electrons. The summed E-state index contributed by atoms with van der Waals surface area (Å²) in [5.41, 5.74) is 0. The first-order chi connectivity index (χ1) is 9.47. The zero-order valence-electron chi connectivity index (χ0n) is 11.8. The molecule has 4 nitrogen and oxygen atoms in total. The van der Waals surface area contributed by atoms with Crippen LogP contribution in [0.4, 0.5) is 0 Å². The fourth-order valence-corrected chi connectivity index (χ4v) is 2.39. The minimum Gasteiger partial charge on any atom is -0.481 e. The topological polar surface area (TPSA) is 58.6 Å². The molecule has 0 aliphatic rings. The Bertz CT molecular complexity index is 423. The second kappa shape index (κ2) is 8.39. The van der Waals surface area contributed by atoms with Crippen LogP contribution >= 0.6 is 23.4 Å². The normalized spacial score (nSPS) is 15.2. The van der Waals surface area contributed by atoms with Crippen LogP contribution in [-0.2, 0) is 4.79 Å². The van der Waals surface area contributed by atoms with Crippen LogP contribution in [0.1, 0.15) is 13.8 Å². The van der Waals surface area contributed by atoms with Crippen molar-refractivity contribution in [2.24, 2.45) is 0 Å². The summed E-state index contributed by atoms with van der Waals surface area (Å²) in [7, 11) is 0. The molecule has 0 saturated carbocycles. The molecule has 3 unspecified atom stereocenters. The first kappa shape index (κ1) is 17.1. The van der Waals surface area contributed by atoms with Crippen LogP contribution in [0.3, 0.4) is 0 Å².